The topological polar surface area (TPSA) is 110 Å². The number of aromatic nitrogens is 4. The maximum Gasteiger partial charge on any atom is 0.415 e. The maximum atomic E-state index is 12.7. The fourth-order valence-electron chi connectivity index (χ4n) is 1.41. The number of amides is 1. The van der Waals surface area contributed by atoms with Crippen molar-refractivity contribution < 1.29 is 18.0 Å². The monoisotopic (exact) mass is 300 g/mol. The Morgan fingerprint density at radius 2 is 2.10 bits per heavy atom. The molecule has 2 aromatic rings. The highest BCUT2D eigenvalue weighted by atomic mass is 19.4. The highest BCUT2D eigenvalue weighted by molar-refractivity contribution is 5.98. The number of tetrazole rings is 1. The first-order valence-corrected chi connectivity index (χ1v) is 5.73. The number of aromatic amines is 1. The number of hydrogen-bond donors (Lipinski definition) is 3. The summed E-state index contributed by atoms with van der Waals surface area (Å²) in [5.74, 6) is -1.11. The first-order chi connectivity index (χ1) is 9.72. The van der Waals surface area contributed by atoms with Gasteiger partial charge in [-0.3, -0.25) is 4.79 Å². The second kappa shape index (κ2) is 5.13. The van der Waals surface area contributed by atoms with Crippen LogP contribution in [0.25, 0.3) is 11.4 Å². The van der Waals surface area contributed by atoms with E-state index in [9.17, 15) is 18.0 Å². The molecule has 112 valence electrons. The summed E-state index contributed by atoms with van der Waals surface area (Å²) in [4.78, 5) is 11.7. The molecule has 0 saturated heterocycles. The Hall–Kier alpha value is -2.49. The van der Waals surface area contributed by atoms with E-state index < -0.39 is 17.6 Å². The quantitative estimate of drug-likeness (QED) is 0.786. The van der Waals surface area contributed by atoms with Crippen LogP contribution in [0.2, 0.25) is 0 Å². The van der Waals surface area contributed by atoms with Crippen LogP contribution < -0.4 is 11.1 Å². The molecular weight excluding hydrogens is 289 g/mol. The normalized spacial score (nSPS) is 14.5. The number of benzene rings is 1. The summed E-state index contributed by atoms with van der Waals surface area (Å²) in [5.41, 5.74) is 2.67. The number of nitrogens with two attached hydrogens (primary N) is 1. The molecule has 21 heavy (non-hydrogen) atoms. The average molecular weight is 300 g/mol. The fraction of sp³-hybridized carbons (Fsp3) is 0.273. The lowest BCUT2D eigenvalue weighted by molar-refractivity contribution is -0.184. The molecule has 0 spiro atoms. The molecule has 0 aliphatic heterocycles. The number of nitrogens with one attached hydrogen (secondary N) is 2. The van der Waals surface area contributed by atoms with Gasteiger partial charge in [-0.2, -0.15) is 18.4 Å². The van der Waals surface area contributed by atoms with Crippen molar-refractivity contribution in [2.75, 3.05) is 5.32 Å². The zero-order valence-corrected chi connectivity index (χ0v) is 10.8. The van der Waals surface area contributed by atoms with Crippen molar-refractivity contribution in [3.05, 3.63) is 24.3 Å². The Bertz CT molecular complexity index is 638. The minimum absolute atomic E-state index is 0.142. The Labute approximate surface area is 116 Å². The SMILES string of the molecule is CC(N)(C(=O)Nc1cccc(-c2nn[nH]n2)c1)C(F)(F)F. The molecule has 1 heterocycles. The number of rotatable bonds is 3. The molecule has 1 aromatic carbocycles. The molecule has 0 radical (unpaired) electrons. The molecule has 0 aliphatic carbocycles. The van der Waals surface area contributed by atoms with E-state index in [0.717, 1.165) is 0 Å². The van der Waals surface area contributed by atoms with Gasteiger partial charge in [-0.1, -0.05) is 12.1 Å². The Balaban J connectivity index is 2.21. The Morgan fingerprint density at radius 1 is 1.38 bits per heavy atom. The standard InChI is InChI=1S/C11H11F3N6O/c1-10(15,11(12,13)14)9(21)16-7-4-2-3-6(5-7)8-17-19-20-18-8/h2-5H,15H2,1H3,(H,16,21)(H,17,18,19,20). The summed E-state index contributed by atoms with van der Waals surface area (Å²) in [5, 5.41) is 15.2. The van der Waals surface area contributed by atoms with E-state index in [2.05, 4.69) is 25.9 Å². The van der Waals surface area contributed by atoms with E-state index in [1.54, 1.807) is 6.07 Å². The van der Waals surface area contributed by atoms with Crippen LogP contribution in [0.3, 0.4) is 0 Å². The molecule has 1 amide bonds. The molecule has 0 aliphatic rings. The molecule has 7 nitrogen and oxygen atoms in total. The molecule has 2 rings (SSSR count). The summed E-state index contributed by atoms with van der Waals surface area (Å²) < 4.78 is 38.0. The van der Waals surface area contributed by atoms with Gasteiger partial charge in [0.2, 0.25) is 5.82 Å². The third-order valence-corrected chi connectivity index (χ3v) is 2.78. The molecule has 1 unspecified atom stereocenters. The lowest BCUT2D eigenvalue weighted by Crippen LogP contribution is -2.59. The first-order valence-electron chi connectivity index (χ1n) is 5.73. The lowest BCUT2D eigenvalue weighted by Gasteiger charge is -2.26. The predicted molar refractivity (Wildman–Crippen MR) is 66.9 cm³/mol. The van der Waals surface area contributed by atoms with Gasteiger partial charge in [0.25, 0.3) is 5.91 Å². The van der Waals surface area contributed by atoms with Crippen molar-refractivity contribution >= 4 is 11.6 Å². The predicted octanol–water partition coefficient (Wildman–Crippen LogP) is 1.08. The zero-order valence-electron chi connectivity index (χ0n) is 10.8. The Kier molecular flexibility index (Phi) is 3.64. The van der Waals surface area contributed by atoms with Gasteiger partial charge < -0.3 is 11.1 Å². The van der Waals surface area contributed by atoms with Gasteiger partial charge in [0, 0.05) is 11.3 Å². The van der Waals surface area contributed by atoms with E-state index >= 15 is 0 Å². The average Bonchev–Trinajstić information content (AvgIpc) is 2.91. The van der Waals surface area contributed by atoms with Crippen molar-refractivity contribution in [2.45, 2.75) is 18.6 Å². The van der Waals surface area contributed by atoms with Crippen LogP contribution in [0.5, 0.6) is 0 Å². The molecule has 0 bridgehead atoms. The lowest BCUT2D eigenvalue weighted by atomic mass is 10.0. The van der Waals surface area contributed by atoms with Crippen LogP contribution in [0.15, 0.2) is 24.3 Å². The highest BCUT2D eigenvalue weighted by Gasteiger charge is 2.53. The van der Waals surface area contributed by atoms with Gasteiger partial charge in [-0.05, 0) is 24.3 Å². The third-order valence-electron chi connectivity index (χ3n) is 2.78. The van der Waals surface area contributed by atoms with Crippen LogP contribution in [0, 0.1) is 0 Å². The molecule has 4 N–H and O–H groups in total. The molecule has 1 atom stereocenters. The second-order valence-corrected chi connectivity index (χ2v) is 4.47. The number of halogens is 3. The zero-order chi connectivity index (χ0) is 15.7. The number of carbonyl (C=O) groups excluding carboxylic acids is 1. The summed E-state index contributed by atoms with van der Waals surface area (Å²) in [6.45, 7) is 0.603. The minimum Gasteiger partial charge on any atom is -0.324 e. The minimum atomic E-state index is -4.86. The molecule has 1 aromatic heterocycles. The van der Waals surface area contributed by atoms with Crippen LogP contribution >= 0.6 is 0 Å². The molecule has 0 fully saturated rings. The number of alkyl halides is 3. The Morgan fingerprint density at radius 3 is 2.67 bits per heavy atom. The number of H-pyrrole nitrogens is 1. The molecule has 10 heteroatoms. The smallest absolute Gasteiger partial charge is 0.324 e. The maximum absolute atomic E-state index is 12.7. The van der Waals surface area contributed by atoms with Crippen LogP contribution in [-0.4, -0.2) is 38.2 Å². The number of hydrogen-bond acceptors (Lipinski definition) is 5. The first kappa shape index (κ1) is 14.9. The summed E-state index contributed by atoms with van der Waals surface area (Å²) in [6.07, 6.45) is -4.86. The van der Waals surface area contributed by atoms with Crippen molar-refractivity contribution in [2.24, 2.45) is 5.73 Å². The fourth-order valence-corrected chi connectivity index (χ4v) is 1.41. The molecule has 0 saturated carbocycles. The van der Waals surface area contributed by atoms with Gasteiger partial charge in [0.05, 0.1) is 0 Å². The van der Waals surface area contributed by atoms with Crippen molar-refractivity contribution in [3.8, 4) is 11.4 Å². The van der Waals surface area contributed by atoms with Crippen LogP contribution in [0.1, 0.15) is 6.92 Å². The highest BCUT2D eigenvalue weighted by Crippen LogP contribution is 2.29. The number of anilines is 1. The molecular formula is C11H11F3N6O. The van der Waals surface area contributed by atoms with E-state index in [-0.39, 0.29) is 11.5 Å². The van der Waals surface area contributed by atoms with Crippen LogP contribution in [-0.2, 0) is 4.79 Å². The van der Waals surface area contributed by atoms with Gasteiger partial charge in [0.1, 0.15) is 0 Å². The largest absolute Gasteiger partial charge is 0.415 e. The van der Waals surface area contributed by atoms with E-state index in [1.165, 1.54) is 18.2 Å². The van der Waals surface area contributed by atoms with Crippen LogP contribution in [0.4, 0.5) is 18.9 Å². The summed E-state index contributed by atoms with van der Waals surface area (Å²) in [7, 11) is 0. The number of nitrogens with zero attached hydrogens (tertiary/aromatic N) is 3. The van der Waals surface area contributed by atoms with Crippen molar-refractivity contribution in [1.29, 1.82) is 0 Å². The van der Waals surface area contributed by atoms with Gasteiger partial charge in [0.15, 0.2) is 5.54 Å². The second-order valence-electron chi connectivity index (χ2n) is 4.47. The summed E-state index contributed by atoms with van der Waals surface area (Å²) in [6, 6.07) is 5.98. The van der Waals surface area contributed by atoms with Crippen molar-refractivity contribution in [1.82, 2.24) is 20.6 Å². The van der Waals surface area contributed by atoms with E-state index in [1.807, 2.05) is 0 Å². The van der Waals surface area contributed by atoms with Gasteiger partial charge in [-0.25, -0.2) is 0 Å². The van der Waals surface area contributed by atoms with E-state index in [4.69, 9.17) is 5.73 Å². The van der Waals surface area contributed by atoms with E-state index in [0.29, 0.717) is 12.5 Å². The third kappa shape index (κ3) is 2.99. The summed E-state index contributed by atoms with van der Waals surface area (Å²) >= 11 is 0. The number of carbonyl (C=O) groups is 1. The van der Waals surface area contributed by atoms with Crippen molar-refractivity contribution in [3.63, 3.8) is 0 Å². The van der Waals surface area contributed by atoms with Gasteiger partial charge >= 0.3 is 6.18 Å². The van der Waals surface area contributed by atoms with Gasteiger partial charge in [-0.15, -0.1) is 10.2 Å².